The van der Waals surface area contributed by atoms with Gasteiger partial charge in [0.05, 0.1) is 0 Å². The van der Waals surface area contributed by atoms with E-state index < -0.39 is 6.16 Å². The van der Waals surface area contributed by atoms with Crippen molar-refractivity contribution >= 4 is 6.16 Å². The van der Waals surface area contributed by atoms with Crippen molar-refractivity contribution in [1.82, 2.24) is 5.64 Å². The Morgan fingerprint density at radius 3 is 1.78 bits per heavy atom. The molecule has 0 aromatic heterocycles. The number of hydrogen-bond donors (Lipinski definition) is 3. The average Bonchev–Trinajstić information content (AvgIpc) is 2.11. The molecule has 0 radical (unpaired) electrons. The summed E-state index contributed by atoms with van der Waals surface area (Å²) < 4.78 is 0. The first kappa shape index (κ1) is 7.57. The van der Waals surface area contributed by atoms with E-state index in [1.54, 1.807) is 0 Å². The molecule has 0 bridgehead atoms. The van der Waals surface area contributed by atoms with Crippen molar-refractivity contribution in [2.24, 2.45) is 0 Å². The average molecular weight is 135 g/mol. The summed E-state index contributed by atoms with van der Waals surface area (Å²) in [5.74, 6) is 0. The molecule has 0 saturated carbocycles. The van der Waals surface area contributed by atoms with Crippen LogP contribution in [0.25, 0.3) is 0 Å². The van der Waals surface area contributed by atoms with Gasteiger partial charge in [-0.3, -0.25) is 0 Å². The van der Waals surface area contributed by atoms with Crippen molar-refractivity contribution in [1.29, 1.82) is 0 Å². The third-order valence-corrected chi connectivity index (χ3v) is 0.288. The predicted molar refractivity (Wildman–Crippen MR) is 25.1 cm³/mol. The lowest BCUT2D eigenvalue weighted by molar-refractivity contribution is -0.0486. The van der Waals surface area contributed by atoms with Gasteiger partial charge in [0.2, 0.25) is 0 Å². The molecular formula is C3H5NO5. The van der Waals surface area contributed by atoms with Gasteiger partial charge in [0, 0.05) is 5.64 Å². The molecule has 52 valence electrons. The molecule has 0 unspecified atom stereocenters. The standard InChI is InChI=1S/C2H3NO2.CH2O3/c1-2-5-3-4-1;2-1(3)4/h1-3H;(H2,2,3,4). The van der Waals surface area contributed by atoms with Gasteiger partial charge < -0.3 is 19.9 Å². The maximum Gasteiger partial charge on any atom is 0.503 e. The fourth-order valence-electron chi connectivity index (χ4n) is 0.139. The first-order valence-electron chi connectivity index (χ1n) is 1.86. The Morgan fingerprint density at radius 2 is 1.67 bits per heavy atom. The molecule has 1 aliphatic rings. The smallest absolute Gasteiger partial charge is 0.450 e. The third-order valence-electron chi connectivity index (χ3n) is 0.288. The molecular weight excluding hydrogens is 130 g/mol. The Bertz CT molecular complexity index is 101. The van der Waals surface area contributed by atoms with E-state index in [1.165, 1.54) is 12.5 Å². The Balaban J connectivity index is 0.000000148. The van der Waals surface area contributed by atoms with E-state index in [4.69, 9.17) is 15.0 Å². The second-order valence-electron chi connectivity index (χ2n) is 0.874. The maximum atomic E-state index is 8.56. The monoisotopic (exact) mass is 135 g/mol. The van der Waals surface area contributed by atoms with E-state index >= 15 is 0 Å². The van der Waals surface area contributed by atoms with Crippen molar-refractivity contribution in [2.45, 2.75) is 0 Å². The molecule has 1 heterocycles. The van der Waals surface area contributed by atoms with Crippen molar-refractivity contribution < 1.29 is 24.7 Å². The first-order chi connectivity index (χ1) is 4.23. The molecule has 0 aromatic rings. The molecule has 0 aromatic carbocycles. The highest BCUT2D eigenvalue weighted by atomic mass is 16.9. The quantitative estimate of drug-likeness (QED) is 0.438. The van der Waals surface area contributed by atoms with Crippen LogP contribution in [0.3, 0.4) is 0 Å². The fraction of sp³-hybridized carbons (Fsp3) is 0. The lowest BCUT2D eigenvalue weighted by atomic mass is 11.1. The van der Waals surface area contributed by atoms with Crippen LogP contribution >= 0.6 is 0 Å². The van der Waals surface area contributed by atoms with Gasteiger partial charge >= 0.3 is 6.16 Å². The van der Waals surface area contributed by atoms with E-state index in [9.17, 15) is 0 Å². The number of hydrogen-bond acceptors (Lipinski definition) is 4. The van der Waals surface area contributed by atoms with Crippen molar-refractivity contribution in [3.63, 3.8) is 0 Å². The van der Waals surface area contributed by atoms with E-state index in [1.807, 2.05) is 0 Å². The van der Waals surface area contributed by atoms with Gasteiger partial charge in [-0.05, 0) is 0 Å². The lowest BCUT2D eigenvalue weighted by Crippen LogP contribution is -1.99. The summed E-state index contributed by atoms with van der Waals surface area (Å²) in [7, 11) is 0. The maximum absolute atomic E-state index is 8.56. The zero-order valence-corrected chi connectivity index (χ0v) is 4.27. The molecule has 9 heavy (non-hydrogen) atoms. The highest BCUT2D eigenvalue weighted by molar-refractivity contribution is 5.53. The zero-order chi connectivity index (χ0) is 7.11. The molecule has 0 atom stereocenters. The largest absolute Gasteiger partial charge is 0.503 e. The number of carbonyl (C=O) groups is 1. The minimum absolute atomic E-state index is 1.40. The molecule has 6 nitrogen and oxygen atoms in total. The molecule has 0 spiro atoms. The number of carboxylic acid groups (broad SMARTS) is 2. The van der Waals surface area contributed by atoms with Crippen LogP contribution in [0.15, 0.2) is 12.5 Å². The minimum atomic E-state index is -1.83. The normalized spacial score (nSPS) is 12.4. The zero-order valence-electron chi connectivity index (χ0n) is 4.27. The summed E-state index contributed by atoms with van der Waals surface area (Å²) in [6, 6.07) is 0. The summed E-state index contributed by atoms with van der Waals surface area (Å²) in [5.41, 5.74) is 2.11. The molecule has 1 rings (SSSR count). The van der Waals surface area contributed by atoms with Crippen LogP contribution in [-0.4, -0.2) is 16.4 Å². The highest BCUT2D eigenvalue weighted by Gasteiger charge is 1.80. The van der Waals surface area contributed by atoms with Gasteiger partial charge in [-0.25, -0.2) is 4.79 Å². The van der Waals surface area contributed by atoms with Gasteiger partial charge in [0.25, 0.3) is 0 Å². The van der Waals surface area contributed by atoms with Gasteiger partial charge in [-0.1, -0.05) is 0 Å². The van der Waals surface area contributed by atoms with Crippen LogP contribution in [0.5, 0.6) is 0 Å². The fourth-order valence-corrected chi connectivity index (χ4v) is 0.139. The Labute approximate surface area is 50.2 Å². The van der Waals surface area contributed by atoms with Crippen LogP contribution < -0.4 is 5.64 Å². The van der Waals surface area contributed by atoms with Gasteiger partial charge in [-0.2, -0.15) is 0 Å². The van der Waals surface area contributed by atoms with Crippen LogP contribution in [0, 0.1) is 0 Å². The molecule has 3 N–H and O–H groups in total. The van der Waals surface area contributed by atoms with E-state index in [0.717, 1.165) is 0 Å². The summed E-state index contributed by atoms with van der Waals surface area (Å²) in [4.78, 5) is 17.1. The van der Waals surface area contributed by atoms with Gasteiger partial charge in [-0.15, -0.1) is 0 Å². The topological polar surface area (TPSA) is 88.0 Å². The lowest BCUT2D eigenvalue weighted by Gasteiger charge is -1.83. The molecule has 6 heteroatoms. The van der Waals surface area contributed by atoms with Crippen LogP contribution in [-0.2, 0) is 9.68 Å². The predicted octanol–water partition coefficient (Wildman–Crippen LogP) is 0.146. The van der Waals surface area contributed by atoms with Crippen molar-refractivity contribution in [3.05, 3.63) is 12.5 Å². The van der Waals surface area contributed by atoms with Gasteiger partial charge in [0.1, 0.15) is 0 Å². The van der Waals surface area contributed by atoms with E-state index in [2.05, 4.69) is 15.3 Å². The summed E-state index contributed by atoms with van der Waals surface area (Å²) in [6.07, 6.45) is 0.972. The van der Waals surface area contributed by atoms with Gasteiger partial charge in [0.15, 0.2) is 12.5 Å². The number of nitrogens with one attached hydrogen (secondary N) is 1. The Hall–Kier alpha value is -1.43. The Kier molecular flexibility index (Phi) is 3.97. The van der Waals surface area contributed by atoms with Crippen molar-refractivity contribution in [3.8, 4) is 0 Å². The van der Waals surface area contributed by atoms with Crippen molar-refractivity contribution in [2.75, 3.05) is 0 Å². The Morgan fingerprint density at radius 1 is 1.33 bits per heavy atom. The van der Waals surface area contributed by atoms with E-state index in [0.29, 0.717) is 0 Å². The van der Waals surface area contributed by atoms with E-state index in [-0.39, 0.29) is 0 Å². The summed E-state index contributed by atoms with van der Waals surface area (Å²) in [6.45, 7) is 0. The SMILES string of the molecule is C1=CONO1.O=C(O)O. The van der Waals surface area contributed by atoms with Crippen LogP contribution in [0.4, 0.5) is 4.79 Å². The third kappa shape index (κ3) is 10.8. The van der Waals surface area contributed by atoms with Crippen LogP contribution in [0.2, 0.25) is 0 Å². The second-order valence-corrected chi connectivity index (χ2v) is 0.874. The molecule has 0 amide bonds. The first-order valence-corrected chi connectivity index (χ1v) is 1.86. The number of rotatable bonds is 0. The molecule has 0 fully saturated rings. The summed E-state index contributed by atoms with van der Waals surface area (Å²) in [5, 5.41) is 13.9. The molecule has 0 aliphatic carbocycles. The highest BCUT2D eigenvalue weighted by Crippen LogP contribution is 1.80. The van der Waals surface area contributed by atoms with Crippen LogP contribution in [0.1, 0.15) is 0 Å². The minimum Gasteiger partial charge on any atom is -0.450 e. The second kappa shape index (κ2) is 4.72. The summed E-state index contributed by atoms with van der Waals surface area (Å²) >= 11 is 0. The molecule has 1 aliphatic heterocycles. The molecule has 0 saturated heterocycles.